The second-order valence-corrected chi connectivity index (χ2v) is 5.03. The highest BCUT2D eigenvalue weighted by molar-refractivity contribution is 5.50. The third-order valence-corrected chi connectivity index (χ3v) is 2.78. The summed E-state index contributed by atoms with van der Waals surface area (Å²) >= 11 is 0. The smallest absolute Gasteiger partial charge is 0.135 e. The average Bonchev–Trinajstić information content (AvgIpc) is 2.86. The Hall–Kier alpha value is -6.30. The van der Waals surface area contributed by atoms with Gasteiger partial charge in [-0.3, -0.25) is 0 Å². The fourth-order valence-corrected chi connectivity index (χ4v) is 1.59. The molecule has 150 valence electrons. The number of ether oxygens (including phenoxy) is 1. The highest BCUT2D eigenvalue weighted by Gasteiger charge is 1.98. The van der Waals surface area contributed by atoms with Crippen molar-refractivity contribution in [3.8, 4) is 148 Å². The van der Waals surface area contributed by atoms with E-state index >= 15 is 0 Å². The Kier molecular flexibility index (Phi) is 15.1. The number of hydrogen-bond donors (Lipinski definition) is 1. The first-order chi connectivity index (χ1) is 16.9. The van der Waals surface area contributed by atoms with E-state index in [0.717, 1.165) is 5.56 Å². The zero-order valence-electron chi connectivity index (χ0n) is 17.8. The maximum Gasteiger partial charge on any atom is 0.135 e. The first kappa shape index (κ1) is 25.7. The van der Waals surface area contributed by atoms with Gasteiger partial charge in [-0.1, -0.05) is 12.1 Å². The Labute approximate surface area is 201 Å². The number of rotatable bonds is 3. The van der Waals surface area contributed by atoms with E-state index in [1.54, 1.807) is 0 Å². The SMILES string of the molecule is C#CC#CC#CC#CC#CC#CC#CC#CC#CC#CC#CC#Cc1ccccc1OCCN. The molecule has 0 atom stereocenters. The van der Waals surface area contributed by atoms with Gasteiger partial charge in [0.2, 0.25) is 0 Å². The molecule has 0 saturated heterocycles. The van der Waals surface area contributed by atoms with Crippen LogP contribution in [0.25, 0.3) is 0 Å². The van der Waals surface area contributed by atoms with Crippen LogP contribution in [0.5, 0.6) is 5.75 Å². The molecule has 0 fully saturated rings. The molecule has 0 aliphatic heterocycles. The topological polar surface area (TPSA) is 35.2 Å². The van der Waals surface area contributed by atoms with Crippen molar-refractivity contribution >= 4 is 0 Å². The average molecular weight is 425 g/mol. The fourth-order valence-electron chi connectivity index (χ4n) is 1.59. The predicted octanol–water partition coefficient (Wildman–Crippen LogP) is 1.04. The maximum atomic E-state index is 5.51. The van der Waals surface area contributed by atoms with Crippen LogP contribution in [0, 0.1) is 143 Å². The summed E-state index contributed by atoms with van der Waals surface area (Å²) in [4.78, 5) is 0. The summed E-state index contributed by atoms with van der Waals surface area (Å²) in [5, 5.41) is 0. The highest BCUT2D eigenvalue weighted by Crippen LogP contribution is 2.16. The second kappa shape index (κ2) is 20.0. The Morgan fingerprint density at radius 1 is 0.559 bits per heavy atom. The summed E-state index contributed by atoms with van der Waals surface area (Å²) < 4.78 is 5.51. The van der Waals surface area contributed by atoms with Gasteiger partial charge in [0.1, 0.15) is 12.4 Å². The molecule has 0 spiro atoms. The monoisotopic (exact) mass is 425 g/mol. The summed E-state index contributed by atoms with van der Waals surface area (Å²) in [6.07, 6.45) is 4.93. The Morgan fingerprint density at radius 3 is 1.35 bits per heavy atom. The molecule has 0 aliphatic rings. The minimum absolute atomic E-state index is 0.420. The van der Waals surface area contributed by atoms with E-state index in [1.807, 2.05) is 24.3 Å². The van der Waals surface area contributed by atoms with Crippen LogP contribution in [0.4, 0.5) is 0 Å². The molecule has 0 bridgehead atoms. The zero-order valence-corrected chi connectivity index (χ0v) is 17.8. The number of nitrogens with two attached hydrogens (primary N) is 1. The van der Waals surface area contributed by atoms with Crippen molar-refractivity contribution in [3.63, 3.8) is 0 Å². The van der Waals surface area contributed by atoms with E-state index in [-0.39, 0.29) is 0 Å². The van der Waals surface area contributed by atoms with Gasteiger partial charge in [0.15, 0.2) is 0 Å². The van der Waals surface area contributed by atoms with Gasteiger partial charge in [-0.15, -0.1) is 6.42 Å². The van der Waals surface area contributed by atoms with Crippen molar-refractivity contribution in [1.82, 2.24) is 0 Å². The van der Waals surface area contributed by atoms with E-state index in [2.05, 4.69) is 136 Å². The molecule has 0 amide bonds. The van der Waals surface area contributed by atoms with Crippen molar-refractivity contribution in [2.24, 2.45) is 5.73 Å². The molecular formula is C32H11NO. The Morgan fingerprint density at radius 2 is 0.941 bits per heavy atom. The molecule has 0 aromatic heterocycles. The van der Waals surface area contributed by atoms with E-state index in [0.29, 0.717) is 18.9 Å². The largest absolute Gasteiger partial charge is 0.491 e. The standard InChI is InChI=1S/C32H11NO/c1-2-3-4-5-6-7-8-9-10-11-12-13-14-15-16-17-18-19-20-21-22-23-26-31-27-24-25-28-32(31)34-30-29-33/h1,24-25,27-28H,29-30,33H2. The molecule has 0 unspecified atom stereocenters. The van der Waals surface area contributed by atoms with Crippen molar-refractivity contribution in [2.45, 2.75) is 0 Å². The first-order valence-corrected chi connectivity index (χ1v) is 9.27. The van der Waals surface area contributed by atoms with Gasteiger partial charge >= 0.3 is 0 Å². The lowest BCUT2D eigenvalue weighted by Crippen LogP contribution is -2.11. The van der Waals surface area contributed by atoms with Crippen LogP contribution < -0.4 is 10.5 Å². The highest BCUT2D eigenvalue weighted by atomic mass is 16.5. The normalized spacial score (nSPS) is 5.76. The third kappa shape index (κ3) is 14.7. The number of para-hydroxylation sites is 1. The van der Waals surface area contributed by atoms with Gasteiger partial charge in [-0.25, -0.2) is 0 Å². The van der Waals surface area contributed by atoms with E-state index in [4.69, 9.17) is 16.9 Å². The number of terminal acetylenes is 1. The van der Waals surface area contributed by atoms with Gasteiger partial charge in [0.25, 0.3) is 0 Å². The van der Waals surface area contributed by atoms with Crippen molar-refractivity contribution in [2.75, 3.05) is 13.2 Å². The van der Waals surface area contributed by atoms with Crippen LogP contribution in [0.3, 0.4) is 0 Å². The van der Waals surface area contributed by atoms with Crippen molar-refractivity contribution < 1.29 is 4.74 Å². The third-order valence-electron chi connectivity index (χ3n) is 2.78. The van der Waals surface area contributed by atoms with Crippen LogP contribution in [-0.2, 0) is 0 Å². The minimum Gasteiger partial charge on any atom is -0.491 e. The molecule has 34 heavy (non-hydrogen) atoms. The molecule has 0 radical (unpaired) electrons. The first-order valence-electron chi connectivity index (χ1n) is 9.27. The molecule has 2 heteroatoms. The molecule has 1 rings (SSSR count). The number of benzene rings is 1. The van der Waals surface area contributed by atoms with Gasteiger partial charge in [-0.05, 0) is 113 Å². The molecule has 2 N–H and O–H groups in total. The van der Waals surface area contributed by atoms with E-state index in [1.165, 1.54) is 0 Å². The molecular weight excluding hydrogens is 414 g/mol. The Balaban J connectivity index is 2.51. The van der Waals surface area contributed by atoms with E-state index in [9.17, 15) is 0 Å². The zero-order chi connectivity index (χ0) is 24.4. The van der Waals surface area contributed by atoms with Gasteiger partial charge < -0.3 is 10.5 Å². The van der Waals surface area contributed by atoms with Gasteiger partial charge in [-0.2, -0.15) is 0 Å². The van der Waals surface area contributed by atoms with Crippen LogP contribution in [-0.4, -0.2) is 13.2 Å². The van der Waals surface area contributed by atoms with Crippen molar-refractivity contribution in [1.29, 1.82) is 0 Å². The summed E-state index contributed by atoms with van der Waals surface area (Å²) in [6.45, 7) is 0.848. The van der Waals surface area contributed by atoms with Crippen LogP contribution in [0.1, 0.15) is 5.56 Å². The molecule has 0 heterocycles. The van der Waals surface area contributed by atoms with E-state index < -0.39 is 0 Å². The summed E-state index contributed by atoms with van der Waals surface area (Å²) in [6, 6.07) is 7.39. The van der Waals surface area contributed by atoms with Crippen molar-refractivity contribution in [3.05, 3.63) is 29.8 Å². The lowest BCUT2D eigenvalue weighted by molar-refractivity contribution is 0.327. The summed E-state index contributed by atoms with van der Waals surface area (Å²) in [5.74, 6) is 58.5. The fraction of sp³-hybridized carbons (Fsp3) is 0.0625. The summed E-state index contributed by atoms with van der Waals surface area (Å²) in [5.41, 5.74) is 6.17. The predicted molar refractivity (Wildman–Crippen MR) is 134 cm³/mol. The lowest BCUT2D eigenvalue weighted by atomic mass is 10.2. The van der Waals surface area contributed by atoms with Crippen LogP contribution >= 0.6 is 0 Å². The lowest BCUT2D eigenvalue weighted by Gasteiger charge is -2.05. The summed E-state index contributed by atoms with van der Waals surface area (Å²) in [7, 11) is 0. The Bertz CT molecular complexity index is 1650. The van der Waals surface area contributed by atoms with Crippen LogP contribution in [0.15, 0.2) is 24.3 Å². The number of hydrogen-bond acceptors (Lipinski definition) is 2. The molecule has 2 nitrogen and oxygen atoms in total. The molecule has 1 aromatic rings. The molecule has 0 saturated carbocycles. The maximum absolute atomic E-state index is 5.51. The molecule has 0 aliphatic carbocycles. The van der Waals surface area contributed by atoms with Gasteiger partial charge in [0.05, 0.1) is 5.56 Å². The molecule has 1 aromatic carbocycles. The quantitative estimate of drug-likeness (QED) is 0.735. The van der Waals surface area contributed by atoms with Gasteiger partial charge in [0, 0.05) is 42.1 Å². The minimum atomic E-state index is 0.420. The second-order valence-electron chi connectivity index (χ2n) is 5.03. The van der Waals surface area contributed by atoms with Crippen LogP contribution in [0.2, 0.25) is 0 Å².